The maximum atomic E-state index is 6.84. The van der Waals surface area contributed by atoms with Crippen molar-refractivity contribution in [1.29, 1.82) is 0 Å². The third kappa shape index (κ3) is 26.7. The van der Waals surface area contributed by atoms with Gasteiger partial charge in [0.15, 0.2) is 0 Å². The number of unbranched alkanes of at least 4 members (excludes halogenated alkanes) is 36. The molecule has 14 nitrogen and oxygen atoms in total. The lowest BCUT2D eigenvalue weighted by Gasteiger charge is -2.14. The van der Waals surface area contributed by atoms with Gasteiger partial charge in [0.2, 0.25) is 0 Å². The Kier molecular flexibility index (Phi) is 35.8. The van der Waals surface area contributed by atoms with Crippen LogP contribution in [0.1, 0.15) is 341 Å². The Labute approximate surface area is 750 Å². The van der Waals surface area contributed by atoms with Gasteiger partial charge in [-0.05, 0) is 195 Å². The van der Waals surface area contributed by atoms with E-state index >= 15 is 0 Å². The van der Waals surface area contributed by atoms with Crippen LogP contribution in [0, 0.1) is 11.8 Å². The first kappa shape index (κ1) is 90.9. The number of aromatic nitrogens is 10. The van der Waals surface area contributed by atoms with E-state index in [1.54, 1.807) is 0 Å². The molecule has 8 aromatic heterocycles. The van der Waals surface area contributed by atoms with Gasteiger partial charge in [-0.15, -0.1) is 0 Å². The van der Waals surface area contributed by atoms with Crippen molar-refractivity contribution >= 4 is 92.7 Å². The van der Waals surface area contributed by atoms with Crippen LogP contribution in [-0.2, 0) is 0 Å². The lowest BCUT2D eigenvalue weighted by Crippen LogP contribution is -2.01. The maximum Gasteiger partial charge on any atom is 0.123 e. The average Bonchev–Trinajstić information content (AvgIpc) is 1.62. The number of fused-ring (bicyclic) bond motifs is 16. The number of aromatic amines is 4. The van der Waals surface area contributed by atoms with Crippen LogP contribution in [0.2, 0.25) is 0 Å². The van der Waals surface area contributed by atoms with Crippen molar-refractivity contribution in [1.82, 2.24) is 49.8 Å². The smallest absolute Gasteiger partial charge is 0.123 e. The van der Waals surface area contributed by atoms with E-state index in [1.807, 2.05) is 48.8 Å². The van der Waals surface area contributed by atoms with Gasteiger partial charge < -0.3 is 38.9 Å². The molecule has 0 atom stereocenters. The minimum atomic E-state index is 0.613. The predicted octanol–water partition coefficient (Wildman–Crippen LogP) is 31.7. The second-order valence-electron chi connectivity index (χ2n) is 34.9. The van der Waals surface area contributed by atoms with Crippen molar-refractivity contribution in [3.63, 3.8) is 0 Å². The Hall–Kier alpha value is -11.3. The summed E-state index contributed by atoms with van der Waals surface area (Å²) in [7, 11) is 0. The molecule has 0 radical (unpaired) electrons. The van der Waals surface area contributed by atoms with Gasteiger partial charge in [-0.25, -0.2) is 19.9 Å². The molecule has 0 saturated carbocycles. The summed E-state index contributed by atoms with van der Waals surface area (Å²) in [5.41, 5.74) is 21.0. The van der Waals surface area contributed by atoms with Crippen LogP contribution in [0.25, 0.3) is 138 Å². The molecule has 0 saturated heterocycles. The lowest BCUT2D eigenvalue weighted by atomic mass is 10.0. The molecule has 0 fully saturated rings. The minimum Gasteiger partial charge on any atom is -0.493 e. The molecule has 0 amide bonds. The first-order chi connectivity index (χ1) is 62.3. The van der Waals surface area contributed by atoms with Crippen molar-refractivity contribution in [3.8, 4) is 79.6 Å². The largest absolute Gasteiger partial charge is 0.493 e. The molecule has 2 aromatic carbocycles. The van der Waals surface area contributed by atoms with Crippen LogP contribution in [0.5, 0.6) is 23.0 Å². The number of nitrogens with one attached hydrogen (secondary N) is 4. The number of hydrogen-bond acceptors (Lipinski definition) is 10. The maximum absolute atomic E-state index is 6.84. The molecule has 0 unspecified atom stereocenters. The molecule has 126 heavy (non-hydrogen) atoms. The summed E-state index contributed by atoms with van der Waals surface area (Å²) in [4.78, 5) is 47.6. The predicted molar refractivity (Wildman–Crippen MR) is 530 cm³/mol. The fraction of sp³-hybridized carbons (Fsp3) is 0.429. The van der Waals surface area contributed by atoms with Crippen molar-refractivity contribution in [2.75, 3.05) is 26.4 Å². The van der Waals surface area contributed by atoms with Gasteiger partial charge in [-0.3, -0.25) is 9.97 Å². The summed E-state index contributed by atoms with van der Waals surface area (Å²) in [6.07, 6.45) is 70.5. The standard InChI is InChI=1S/C112H136N10O4/c1-5-9-13-17-21-25-29-33-37-45-71-123-89-75-83(76-90(81-89)124-72-46-38-34-30-26-22-18-14-10-6-2)109-101-57-51-85(115-101)79-87-53-59-105(117-87)111(99-49-41-43-69-113-99)107-67-63-97(121-107)93(95-61-65-103(109)119-95)55-56-94-96-62-66-104(120-96)110(102-58-52-86(116-102)80-88-54-60-106(118-88)112(100-50-42-44-70-114-100)108-68-64-98(94)122-108)84-77-91(125-73-47-39-35-31-27-23-19-15-11-7-3)82-92(78-84)126-74-48-40-36-32-28-24-20-16-12-8-4/h41-44,49-54,57-70,75-82,115,118,120-121H,5-40,45-48,71-74H2,1-4H3. The van der Waals surface area contributed by atoms with E-state index in [4.69, 9.17) is 48.9 Å². The van der Waals surface area contributed by atoms with Crippen LogP contribution in [0.15, 0.2) is 146 Å². The zero-order valence-corrected chi connectivity index (χ0v) is 75.9. The van der Waals surface area contributed by atoms with Crippen LogP contribution >= 0.6 is 0 Å². The zero-order chi connectivity index (χ0) is 86.4. The molecule has 0 spiro atoms. The third-order valence-corrected chi connectivity index (χ3v) is 24.7. The Balaban J connectivity index is 0.908. The third-order valence-electron chi connectivity index (χ3n) is 24.7. The fourth-order valence-electron chi connectivity index (χ4n) is 17.7. The number of hydrogen-bond donors (Lipinski definition) is 4. The van der Waals surface area contributed by atoms with Crippen molar-refractivity contribution in [2.24, 2.45) is 0 Å². The summed E-state index contributed by atoms with van der Waals surface area (Å²) in [6.45, 7) is 11.6. The molecule has 658 valence electrons. The Morgan fingerprint density at radius 2 is 0.524 bits per heavy atom. The highest BCUT2D eigenvalue weighted by Crippen LogP contribution is 2.41. The van der Waals surface area contributed by atoms with E-state index in [9.17, 15) is 0 Å². The molecular formula is C112H136N10O4. The molecule has 12 heterocycles. The highest BCUT2D eigenvalue weighted by molar-refractivity contribution is 5.97. The van der Waals surface area contributed by atoms with E-state index in [0.29, 0.717) is 48.9 Å². The zero-order valence-electron chi connectivity index (χ0n) is 75.9. The monoisotopic (exact) mass is 1690 g/mol. The quantitative estimate of drug-likeness (QED) is 0.0212. The van der Waals surface area contributed by atoms with E-state index in [-0.39, 0.29) is 0 Å². The molecule has 14 heteroatoms. The van der Waals surface area contributed by atoms with Gasteiger partial charge in [0, 0.05) is 68.8 Å². The summed E-state index contributed by atoms with van der Waals surface area (Å²) < 4.78 is 27.4. The highest BCUT2D eigenvalue weighted by Gasteiger charge is 2.22. The number of benzene rings is 2. The van der Waals surface area contributed by atoms with Crippen molar-refractivity contribution in [2.45, 2.75) is 285 Å². The molecule has 0 aliphatic carbocycles. The van der Waals surface area contributed by atoms with Crippen LogP contribution < -0.4 is 18.9 Å². The van der Waals surface area contributed by atoms with Gasteiger partial charge in [-0.1, -0.05) is 283 Å². The molecule has 10 aromatic rings. The summed E-state index contributed by atoms with van der Waals surface area (Å²) in [6, 6.07) is 46.1. The fourth-order valence-corrected chi connectivity index (χ4v) is 17.7. The van der Waals surface area contributed by atoms with Crippen LogP contribution in [0.4, 0.5) is 0 Å². The molecule has 4 aliphatic rings. The summed E-state index contributed by atoms with van der Waals surface area (Å²) in [5.74, 6) is 10.8. The Bertz CT molecular complexity index is 5460. The Morgan fingerprint density at radius 3 is 0.873 bits per heavy atom. The Morgan fingerprint density at radius 1 is 0.246 bits per heavy atom. The number of nitrogens with zero attached hydrogens (tertiary/aromatic N) is 6. The normalized spacial score (nSPS) is 12.1. The van der Waals surface area contributed by atoms with E-state index in [2.05, 4.69) is 205 Å². The van der Waals surface area contributed by atoms with Gasteiger partial charge in [0.05, 0.1) is 117 Å². The number of rotatable bonds is 52. The number of H-pyrrole nitrogens is 4. The average molecular weight is 1690 g/mol. The van der Waals surface area contributed by atoms with Gasteiger partial charge in [-0.2, -0.15) is 0 Å². The molecule has 14 rings (SSSR count). The summed E-state index contributed by atoms with van der Waals surface area (Å²) >= 11 is 0. The number of ether oxygens (including phenoxy) is 4. The molecule has 4 N–H and O–H groups in total. The second kappa shape index (κ2) is 49.6. The summed E-state index contributed by atoms with van der Waals surface area (Å²) in [5, 5.41) is 0. The molecule has 16 bridgehead atoms. The van der Waals surface area contributed by atoms with E-state index in [1.165, 1.54) is 205 Å². The van der Waals surface area contributed by atoms with Crippen LogP contribution in [0.3, 0.4) is 0 Å². The van der Waals surface area contributed by atoms with Crippen LogP contribution in [-0.4, -0.2) is 76.3 Å². The first-order valence-electron chi connectivity index (χ1n) is 48.8. The molecule has 4 aliphatic heterocycles. The molecular weight excluding hydrogens is 1550 g/mol. The topological polar surface area (TPSA) is 177 Å². The lowest BCUT2D eigenvalue weighted by molar-refractivity contribution is 0.289. The second-order valence-corrected chi connectivity index (χ2v) is 34.9. The first-order valence-corrected chi connectivity index (χ1v) is 48.8. The van der Waals surface area contributed by atoms with Gasteiger partial charge in [0.25, 0.3) is 0 Å². The van der Waals surface area contributed by atoms with Crippen molar-refractivity contribution < 1.29 is 18.9 Å². The van der Waals surface area contributed by atoms with Gasteiger partial charge >= 0.3 is 0 Å². The minimum absolute atomic E-state index is 0.613. The highest BCUT2D eigenvalue weighted by atomic mass is 16.5. The number of pyridine rings is 2. The SMILES string of the molecule is CCCCCCCCCCCCOc1cc(OCCCCCCCCCCCC)cc(-c2c3nc(c(C#Cc4c5nc(c(-c6ccccn6)c6ccc(cc7nc(c(-c8cc(OCCCCCCCCCCCC)cc(OCCCCCCCCCCCC)c8)c8ccc4[nH]8)C=C7)[nH]6)C=C5)c4ccc([nH]4)c(-c4ccccn4)c4nc(cc5ccc2[nH]5)C=C4)C=C3)c1. The van der Waals surface area contributed by atoms with E-state index < -0.39 is 0 Å². The van der Waals surface area contributed by atoms with Gasteiger partial charge in [0.1, 0.15) is 23.0 Å². The van der Waals surface area contributed by atoms with E-state index in [0.717, 1.165) is 197 Å². The van der Waals surface area contributed by atoms with Crippen molar-refractivity contribution in [3.05, 3.63) is 203 Å².